The number of carboxylic acids is 2. The molecule has 4 atom stereocenters. The van der Waals surface area contributed by atoms with E-state index >= 15 is 0 Å². The number of nitrogens with zero attached hydrogens (tertiary/aromatic N) is 5. The summed E-state index contributed by atoms with van der Waals surface area (Å²) in [6.45, 7) is 3.68. The number of aromatic nitrogens is 1. The van der Waals surface area contributed by atoms with E-state index in [2.05, 4.69) is 20.4 Å². The number of nitrogen functional groups attached to an aromatic ring is 1. The van der Waals surface area contributed by atoms with Gasteiger partial charge in [0.1, 0.15) is 28.6 Å². The fourth-order valence-corrected chi connectivity index (χ4v) is 7.26. The van der Waals surface area contributed by atoms with Gasteiger partial charge < -0.3 is 36.7 Å². The van der Waals surface area contributed by atoms with Crippen molar-refractivity contribution in [1.82, 2.24) is 20.1 Å². The summed E-state index contributed by atoms with van der Waals surface area (Å²) in [4.78, 5) is 65.7. The fourth-order valence-electron chi connectivity index (χ4n) is 4.09. The number of aliphatic imine (C=N–C) groups is 1. The number of amidine groups is 2. The lowest BCUT2D eigenvalue weighted by Gasteiger charge is -2.49. The van der Waals surface area contributed by atoms with Gasteiger partial charge in [0.15, 0.2) is 16.0 Å². The zero-order valence-electron chi connectivity index (χ0n) is 21.8. The predicted octanol–water partition coefficient (Wildman–Crippen LogP) is -0.265. The van der Waals surface area contributed by atoms with Gasteiger partial charge >= 0.3 is 11.9 Å². The number of thioether (sulfide) groups is 2. The van der Waals surface area contributed by atoms with Crippen LogP contribution in [0.4, 0.5) is 5.13 Å². The maximum atomic E-state index is 13.1. The largest absolute Gasteiger partial charge is 0.478 e. The molecule has 1 fully saturated rings. The summed E-state index contributed by atoms with van der Waals surface area (Å²) in [5, 5.41) is 34.5. The molecule has 4 heterocycles. The molecule has 1 aromatic heterocycles. The van der Waals surface area contributed by atoms with E-state index in [1.165, 1.54) is 35.8 Å². The summed E-state index contributed by atoms with van der Waals surface area (Å²) in [7, 11) is 0. The average Bonchev–Trinajstić information content (AvgIpc) is 3.34. The van der Waals surface area contributed by atoms with Crippen molar-refractivity contribution in [3.05, 3.63) is 22.3 Å². The number of nitrogens with two attached hydrogens (primary N) is 2. The first kappa shape index (κ1) is 30.3. The molecule has 0 aromatic carbocycles. The third-order valence-electron chi connectivity index (χ3n) is 6.16. The lowest BCUT2D eigenvalue weighted by molar-refractivity contribution is -0.150. The van der Waals surface area contributed by atoms with Crippen molar-refractivity contribution in [2.45, 2.75) is 44.0 Å². The molecule has 0 spiro atoms. The number of nitrogens with one attached hydrogen (secondary N) is 2. The number of carbonyl (C=O) groups excluding carboxylic acids is 2. The third-order valence-corrected chi connectivity index (χ3v) is 9.25. The van der Waals surface area contributed by atoms with Crippen LogP contribution in [-0.4, -0.2) is 107 Å². The molecule has 0 radical (unpaired) electrons. The molecule has 1 aromatic rings. The molecule has 2 amide bonds. The number of fused-ring (bicyclic) bond motifs is 1. The van der Waals surface area contributed by atoms with Crippen LogP contribution in [0.2, 0.25) is 0 Å². The molecular formula is C22H27N9O7S3. The van der Waals surface area contributed by atoms with E-state index in [4.69, 9.17) is 26.8 Å². The normalized spacial score (nSPS) is 23.4. The molecule has 1 saturated heterocycles. The standard InChI is InChI=1S/C22H27N9O7S3/c1-3-30-12(24)4-11(23)27-22(30)41-6-9-5-39-18-14(17(33)31(18)15(9)20(36)37)28-16(32)13(10-7-40-21(25)26-10)29-38-8(2)19(34)35/h7-8,12,14,18,23H,3-6,24H2,1-2H3,(H2,25,26)(H,28,32)(H,34,35)(H,36,37)/t8?,12?,14?,18-/m0/s1. The highest BCUT2D eigenvalue weighted by Crippen LogP contribution is 2.41. The first-order valence-corrected chi connectivity index (χ1v) is 15.0. The van der Waals surface area contributed by atoms with Crippen molar-refractivity contribution < 1.29 is 34.2 Å². The van der Waals surface area contributed by atoms with Crippen LogP contribution in [0.15, 0.2) is 26.8 Å². The molecule has 3 unspecified atom stereocenters. The number of carbonyl (C=O) groups is 4. The average molecular weight is 626 g/mol. The van der Waals surface area contributed by atoms with E-state index in [1.54, 1.807) is 0 Å². The number of hydrogen-bond acceptors (Lipinski definition) is 14. The molecule has 0 bridgehead atoms. The van der Waals surface area contributed by atoms with Crippen LogP contribution < -0.4 is 16.8 Å². The van der Waals surface area contributed by atoms with Crippen molar-refractivity contribution in [2.75, 3.05) is 23.8 Å². The summed E-state index contributed by atoms with van der Waals surface area (Å²) in [6, 6.07) is -1.08. The summed E-state index contributed by atoms with van der Waals surface area (Å²) in [5.74, 6) is -3.50. The summed E-state index contributed by atoms with van der Waals surface area (Å²) < 4.78 is 0. The number of carboxylic acid groups (broad SMARTS) is 2. The summed E-state index contributed by atoms with van der Waals surface area (Å²) in [5.41, 5.74) is 11.7. The second-order valence-corrected chi connectivity index (χ2v) is 11.8. The Hall–Kier alpha value is -3.68. The molecular weight excluding hydrogens is 598 g/mol. The van der Waals surface area contributed by atoms with Gasteiger partial charge in [0.2, 0.25) is 6.10 Å². The molecule has 220 valence electrons. The molecule has 3 aliphatic rings. The van der Waals surface area contributed by atoms with E-state index in [0.717, 1.165) is 16.2 Å². The highest BCUT2D eigenvalue weighted by Gasteiger charge is 2.54. The molecule has 0 saturated carbocycles. The minimum atomic E-state index is -1.37. The lowest BCUT2D eigenvalue weighted by atomic mass is 10.0. The molecule has 0 aliphatic carbocycles. The number of rotatable bonds is 10. The number of oxime groups is 1. The Morgan fingerprint density at radius 3 is 2.73 bits per heavy atom. The Balaban J connectivity index is 1.50. The second-order valence-electron chi connectivity index (χ2n) is 8.90. The smallest absolute Gasteiger partial charge is 0.352 e. The SMILES string of the molecule is CCN1C(SCC2=C(C(=O)O)N3C(=O)C(NC(=O)C(=NOC(C)C(=O)O)c4csc(N)n4)[C@@H]3SC2)=NC(=N)CC1N. The fraction of sp³-hybridized carbons (Fsp3) is 0.455. The van der Waals surface area contributed by atoms with Gasteiger partial charge in [0.25, 0.3) is 11.8 Å². The van der Waals surface area contributed by atoms with Crippen molar-refractivity contribution >= 4 is 80.5 Å². The molecule has 19 heteroatoms. The Bertz CT molecular complexity index is 1380. The van der Waals surface area contributed by atoms with Crippen LogP contribution in [0.5, 0.6) is 0 Å². The van der Waals surface area contributed by atoms with Crippen LogP contribution in [-0.2, 0) is 24.0 Å². The number of hydrogen-bond donors (Lipinski definition) is 6. The maximum Gasteiger partial charge on any atom is 0.352 e. The zero-order chi connectivity index (χ0) is 30.0. The van der Waals surface area contributed by atoms with Crippen LogP contribution in [0.1, 0.15) is 26.0 Å². The van der Waals surface area contributed by atoms with Gasteiger partial charge in [0, 0.05) is 29.9 Å². The highest BCUT2D eigenvalue weighted by molar-refractivity contribution is 8.14. The number of anilines is 1. The van der Waals surface area contributed by atoms with Gasteiger partial charge in [-0.05, 0) is 19.4 Å². The van der Waals surface area contributed by atoms with Gasteiger partial charge in [-0.25, -0.2) is 19.6 Å². The highest BCUT2D eigenvalue weighted by atomic mass is 32.2. The number of amides is 2. The van der Waals surface area contributed by atoms with Crippen molar-refractivity contribution in [2.24, 2.45) is 15.9 Å². The first-order valence-electron chi connectivity index (χ1n) is 12.1. The summed E-state index contributed by atoms with van der Waals surface area (Å²) in [6.07, 6.45) is -1.46. The first-order chi connectivity index (χ1) is 19.4. The minimum Gasteiger partial charge on any atom is -0.478 e. The van der Waals surface area contributed by atoms with Gasteiger partial charge in [-0.2, -0.15) is 0 Å². The number of thiazole rings is 1. The minimum absolute atomic E-state index is 0.0208. The third kappa shape index (κ3) is 6.31. The molecule has 8 N–H and O–H groups in total. The van der Waals surface area contributed by atoms with Crippen LogP contribution in [0.25, 0.3) is 0 Å². The van der Waals surface area contributed by atoms with E-state index in [9.17, 15) is 24.3 Å². The predicted molar refractivity (Wildman–Crippen MR) is 154 cm³/mol. The Labute approximate surface area is 245 Å². The van der Waals surface area contributed by atoms with Gasteiger partial charge in [0.05, 0.1) is 6.17 Å². The topological polar surface area (TPSA) is 250 Å². The molecule has 3 aliphatic heterocycles. The molecule has 16 nitrogen and oxygen atoms in total. The lowest BCUT2D eigenvalue weighted by Crippen LogP contribution is -2.71. The van der Waals surface area contributed by atoms with Crippen molar-refractivity contribution in [3.63, 3.8) is 0 Å². The van der Waals surface area contributed by atoms with E-state index in [0.29, 0.717) is 23.7 Å². The summed E-state index contributed by atoms with van der Waals surface area (Å²) >= 11 is 3.54. The van der Waals surface area contributed by atoms with Gasteiger partial charge in [-0.15, -0.1) is 23.1 Å². The van der Waals surface area contributed by atoms with E-state index in [1.807, 2.05) is 11.8 Å². The van der Waals surface area contributed by atoms with E-state index < -0.39 is 47.4 Å². The number of aliphatic carboxylic acids is 2. The van der Waals surface area contributed by atoms with Crippen molar-refractivity contribution in [1.29, 1.82) is 5.41 Å². The van der Waals surface area contributed by atoms with Gasteiger partial charge in [-0.1, -0.05) is 16.9 Å². The molecule has 41 heavy (non-hydrogen) atoms. The Morgan fingerprint density at radius 1 is 1.39 bits per heavy atom. The monoisotopic (exact) mass is 625 g/mol. The number of β-lactam (4-membered cyclic amide) rings is 1. The Morgan fingerprint density at radius 2 is 2.12 bits per heavy atom. The van der Waals surface area contributed by atoms with Crippen LogP contribution in [0, 0.1) is 5.41 Å². The van der Waals surface area contributed by atoms with E-state index in [-0.39, 0.29) is 39.6 Å². The quantitative estimate of drug-likeness (QED) is 0.111. The maximum absolute atomic E-state index is 13.1. The molecule has 4 rings (SSSR count). The van der Waals surface area contributed by atoms with Crippen molar-refractivity contribution in [3.8, 4) is 0 Å². The van der Waals surface area contributed by atoms with Crippen LogP contribution in [0.3, 0.4) is 0 Å². The zero-order valence-corrected chi connectivity index (χ0v) is 24.2. The van der Waals surface area contributed by atoms with Gasteiger partial charge in [-0.3, -0.25) is 19.9 Å². The van der Waals surface area contributed by atoms with Crippen LogP contribution >= 0.6 is 34.9 Å². The second kappa shape index (κ2) is 12.5. The Kier molecular flexibility index (Phi) is 9.20.